The van der Waals surface area contributed by atoms with Gasteiger partial charge in [-0.25, -0.2) is 0 Å². The molecule has 0 spiro atoms. The molecule has 0 aromatic carbocycles. The van der Waals surface area contributed by atoms with E-state index in [1.165, 1.54) is 4.88 Å². The molecule has 2 unspecified atom stereocenters. The zero-order chi connectivity index (χ0) is 21.0. The molecule has 8 heteroatoms. The Morgan fingerprint density at radius 1 is 1.33 bits per heavy atom. The second-order valence-electron chi connectivity index (χ2n) is 8.07. The number of hydrogen-bond donors (Lipinski definition) is 2. The third kappa shape index (κ3) is 7.81. The molecule has 3 rings (SSSR count). The van der Waals surface area contributed by atoms with Crippen LogP contribution in [0.15, 0.2) is 22.5 Å². The van der Waals surface area contributed by atoms with Gasteiger partial charge in [0.2, 0.25) is 0 Å². The van der Waals surface area contributed by atoms with Gasteiger partial charge in [0, 0.05) is 64.5 Å². The predicted octanol–water partition coefficient (Wildman–Crippen LogP) is 2.51. The van der Waals surface area contributed by atoms with Gasteiger partial charge in [-0.05, 0) is 43.6 Å². The lowest BCUT2D eigenvalue weighted by molar-refractivity contribution is -0.0334. The average molecular weight is 439 g/mol. The van der Waals surface area contributed by atoms with Gasteiger partial charge in [-0.1, -0.05) is 6.07 Å². The highest BCUT2D eigenvalue weighted by Gasteiger charge is 2.26. The fourth-order valence-corrected chi connectivity index (χ4v) is 4.84. The Morgan fingerprint density at radius 2 is 2.20 bits per heavy atom. The number of aliphatic imine (C=N–C) groups is 1. The van der Waals surface area contributed by atoms with Crippen molar-refractivity contribution in [2.45, 2.75) is 38.3 Å². The first-order valence-electron chi connectivity index (χ1n) is 11.3. The van der Waals surface area contributed by atoms with Gasteiger partial charge in [-0.3, -0.25) is 9.89 Å². The maximum Gasteiger partial charge on any atom is 0.191 e. The SMILES string of the molecule is CN=C(NCCCOCC1CCOCC1)NCC(c1cccs1)N1CCOC(C)C1. The maximum atomic E-state index is 5.85. The minimum Gasteiger partial charge on any atom is -0.381 e. The molecule has 0 aliphatic carbocycles. The van der Waals surface area contributed by atoms with Crippen molar-refractivity contribution in [2.24, 2.45) is 10.9 Å². The van der Waals surface area contributed by atoms with Crippen molar-refractivity contribution in [3.63, 3.8) is 0 Å². The molecule has 0 bridgehead atoms. The van der Waals surface area contributed by atoms with Gasteiger partial charge in [-0.15, -0.1) is 11.3 Å². The second-order valence-corrected chi connectivity index (χ2v) is 9.05. The van der Waals surface area contributed by atoms with E-state index in [9.17, 15) is 0 Å². The van der Waals surface area contributed by atoms with E-state index in [0.29, 0.717) is 12.0 Å². The van der Waals surface area contributed by atoms with E-state index >= 15 is 0 Å². The monoisotopic (exact) mass is 438 g/mol. The molecule has 2 N–H and O–H groups in total. The summed E-state index contributed by atoms with van der Waals surface area (Å²) in [6.45, 7) is 9.95. The van der Waals surface area contributed by atoms with Crippen molar-refractivity contribution in [1.29, 1.82) is 0 Å². The van der Waals surface area contributed by atoms with Crippen LogP contribution in [0.3, 0.4) is 0 Å². The van der Waals surface area contributed by atoms with Crippen LogP contribution in [0.5, 0.6) is 0 Å². The summed E-state index contributed by atoms with van der Waals surface area (Å²) in [6.07, 6.45) is 3.50. The molecule has 2 aliphatic rings. The maximum absolute atomic E-state index is 5.85. The highest BCUT2D eigenvalue weighted by molar-refractivity contribution is 7.10. The first-order chi connectivity index (χ1) is 14.8. The fourth-order valence-electron chi connectivity index (χ4n) is 3.98. The van der Waals surface area contributed by atoms with Gasteiger partial charge >= 0.3 is 0 Å². The summed E-state index contributed by atoms with van der Waals surface area (Å²) in [4.78, 5) is 8.29. The minimum atomic E-state index is 0.278. The Morgan fingerprint density at radius 3 is 2.93 bits per heavy atom. The van der Waals surface area contributed by atoms with Crippen LogP contribution in [-0.4, -0.2) is 83.2 Å². The lowest BCUT2D eigenvalue weighted by atomic mass is 10.0. The standard InChI is InChI=1S/C22H38N4O3S/c1-18-16-26(9-13-29-18)20(21-5-3-14-30-21)15-25-22(23-2)24-8-4-10-28-17-19-6-11-27-12-7-19/h3,5,14,18-20H,4,6-13,15-17H2,1-2H3,(H2,23,24,25). The summed E-state index contributed by atoms with van der Waals surface area (Å²) in [5.41, 5.74) is 0. The molecule has 2 saturated heterocycles. The third-order valence-electron chi connectivity index (χ3n) is 5.72. The summed E-state index contributed by atoms with van der Waals surface area (Å²) in [6, 6.07) is 4.69. The van der Waals surface area contributed by atoms with Crippen LogP contribution < -0.4 is 10.6 Å². The van der Waals surface area contributed by atoms with Gasteiger partial charge in [0.15, 0.2) is 5.96 Å². The van der Waals surface area contributed by atoms with E-state index in [-0.39, 0.29) is 6.10 Å². The van der Waals surface area contributed by atoms with Crippen LogP contribution in [0.4, 0.5) is 0 Å². The molecule has 3 heterocycles. The van der Waals surface area contributed by atoms with Crippen molar-refractivity contribution in [1.82, 2.24) is 15.5 Å². The van der Waals surface area contributed by atoms with E-state index in [1.54, 1.807) is 0 Å². The topological polar surface area (TPSA) is 67.4 Å². The van der Waals surface area contributed by atoms with Crippen molar-refractivity contribution in [3.05, 3.63) is 22.4 Å². The summed E-state index contributed by atoms with van der Waals surface area (Å²) < 4.78 is 17.0. The van der Waals surface area contributed by atoms with Crippen molar-refractivity contribution < 1.29 is 14.2 Å². The first-order valence-corrected chi connectivity index (χ1v) is 12.1. The second kappa shape index (κ2) is 13.3. The lowest BCUT2D eigenvalue weighted by Crippen LogP contribution is -2.48. The number of morpholine rings is 1. The molecular weight excluding hydrogens is 400 g/mol. The molecule has 0 amide bonds. The Kier molecular flexibility index (Phi) is 10.4. The zero-order valence-electron chi connectivity index (χ0n) is 18.5. The van der Waals surface area contributed by atoms with Gasteiger partial charge in [0.05, 0.1) is 18.8 Å². The first kappa shape index (κ1) is 23.5. The van der Waals surface area contributed by atoms with Crippen LogP contribution in [-0.2, 0) is 14.2 Å². The highest BCUT2D eigenvalue weighted by atomic mass is 32.1. The van der Waals surface area contributed by atoms with Crippen LogP contribution >= 0.6 is 11.3 Å². The minimum absolute atomic E-state index is 0.278. The molecule has 1 aromatic rings. The molecule has 1 aromatic heterocycles. The van der Waals surface area contributed by atoms with Gasteiger partial charge in [-0.2, -0.15) is 0 Å². The lowest BCUT2D eigenvalue weighted by Gasteiger charge is -2.37. The molecule has 0 saturated carbocycles. The predicted molar refractivity (Wildman–Crippen MR) is 122 cm³/mol. The van der Waals surface area contributed by atoms with Crippen LogP contribution in [0, 0.1) is 5.92 Å². The van der Waals surface area contributed by atoms with E-state index < -0.39 is 0 Å². The van der Waals surface area contributed by atoms with Crippen LogP contribution in [0.25, 0.3) is 0 Å². The molecule has 2 aliphatic heterocycles. The summed E-state index contributed by atoms with van der Waals surface area (Å²) in [5, 5.41) is 9.09. The largest absolute Gasteiger partial charge is 0.381 e. The number of nitrogens with zero attached hydrogens (tertiary/aromatic N) is 2. The Bertz CT molecular complexity index is 608. The van der Waals surface area contributed by atoms with Crippen LogP contribution in [0.1, 0.15) is 37.1 Å². The molecule has 30 heavy (non-hydrogen) atoms. The molecule has 0 radical (unpaired) electrons. The number of guanidine groups is 1. The number of nitrogens with one attached hydrogen (secondary N) is 2. The summed E-state index contributed by atoms with van der Waals surface area (Å²) in [5.74, 6) is 1.51. The third-order valence-corrected chi connectivity index (χ3v) is 6.70. The molecule has 2 fully saturated rings. The molecular formula is C22H38N4O3S. The van der Waals surface area contributed by atoms with Crippen molar-refractivity contribution >= 4 is 17.3 Å². The molecule has 2 atom stereocenters. The van der Waals surface area contributed by atoms with Gasteiger partial charge in [0.1, 0.15) is 0 Å². The smallest absolute Gasteiger partial charge is 0.191 e. The molecule has 170 valence electrons. The number of hydrogen-bond acceptors (Lipinski definition) is 6. The van der Waals surface area contributed by atoms with Crippen molar-refractivity contribution in [2.75, 3.05) is 66.3 Å². The zero-order valence-corrected chi connectivity index (χ0v) is 19.3. The van der Waals surface area contributed by atoms with E-state index in [2.05, 4.69) is 45.0 Å². The Balaban J connectivity index is 1.36. The number of rotatable bonds is 10. The normalized spacial score (nSPS) is 22.7. The Hall–Kier alpha value is -1.19. The van der Waals surface area contributed by atoms with Crippen molar-refractivity contribution in [3.8, 4) is 0 Å². The summed E-state index contributed by atoms with van der Waals surface area (Å²) in [7, 11) is 1.83. The molecule has 7 nitrogen and oxygen atoms in total. The number of thiophene rings is 1. The average Bonchev–Trinajstić information content (AvgIpc) is 3.30. The van der Waals surface area contributed by atoms with Gasteiger partial charge < -0.3 is 24.8 Å². The van der Waals surface area contributed by atoms with E-state index in [4.69, 9.17) is 14.2 Å². The van der Waals surface area contributed by atoms with Gasteiger partial charge in [0.25, 0.3) is 0 Å². The fraction of sp³-hybridized carbons (Fsp3) is 0.773. The highest BCUT2D eigenvalue weighted by Crippen LogP contribution is 2.26. The van der Waals surface area contributed by atoms with E-state index in [0.717, 1.165) is 84.4 Å². The quantitative estimate of drug-likeness (QED) is 0.332. The summed E-state index contributed by atoms with van der Waals surface area (Å²) >= 11 is 1.82. The van der Waals surface area contributed by atoms with E-state index in [1.807, 2.05) is 18.4 Å². The van der Waals surface area contributed by atoms with Crippen LogP contribution in [0.2, 0.25) is 0 Å². The Labute approximate surface area is 185 Å². The number of ether oxygens (including phenoxy) is 3.